The van der Waals surface area contributed by atoms with Gasteiger partial charge in [-0.1, -0.05) is 41.1 Å². The van der Waals surface area contributed by atoms with Crippen molar-refractivity contribution in [3.63, 3.8) is 0 Å². The van der Waals surface area contributed by atoms with Gasteiger partial charge in [0, 0.05) is 67.6 Å². The number of piperidine rings is 1. The first kappa shape index (κ1) is 48.4. The molecular formula is C51H51ClN12O6S. The molecule has 364 valence electrons. The highest BCUT2D eigenvalue weighted by Crippen LogP contribution is 2.34. The number of carbonyl (C=O) groups excluding carboxylic acids is 5. The lowest BCUT2D eigenvalue weighted by atomic mass is 10.0. The van der Waals surface area contributed by atoms with Gasteiger partial charge in [0.25, 0.3) is 17.7 Å². The summed E-state index contributed by atoms with van der Waals surface area (Å²) in [7, 11) is 0. The first-order valence-corrected chi connectivity index (χ1v) is 24.6. The summed E-state index contributed by atoms with van der Waals surface area (Å²) in [6.45, 7) is 9.10. The standard InChI is InChI=1S/C51H51ClN12O6S/c1-31-8-6-10-39(52)46(31)59-49(68)42-29-53-51(71-42)57-43-28-44(55-32(2)54-43)63-25-23-62(24-26-63)22-4-3-5-27-70-36-18-16-35(17-19-36)61-60-34-14-12-33(13-15-34)47(66)56-40-11-7-9-37-38(40)30-64(50(37)69)41-20-21-45(65)58-48(41)67/h6-19,28-29,41H,3-5,20-27,30H2,1-2H3,(H,56,66)(H,59,68)(H,58,65,67)(H,53,54,55,57). The number of ether oxygens (including phenoxy) is 1. The number of rotatable bonds is 17. The van der Waals surface area contributed by atoms with E-state index in [1.165, 1.54) is 22.4 Å². The van der Waals surface area contributed by atoms with E-state index in [0.717, 1.165) is 69.1 Å². The number of benzene rings is 4. The van der Waals surface area contributed by atoms with Gasteiger partial charge in [-0.15, -0.1) is 0 Å². The number of para-hydroxylation sites is 1. The summed E-state index contributed by atoms with van der Waals surface area (Å²) in [5.41, 5.74) is 4.60. The summed E-state index contributed by atoms with van der Waals surface area (Å²) in [4.78, 5) is 83.8. The van der Waals surface area contributed by atoms with Gasteiger partial charge in [-0.3, -0.25) is 34.2 Å². The summed E-state index contributed by atoms with van der Waals surface area (Å²) in [5.74, 6) is 1.08. The van der Waals surface area contributed by atoms with E-state index in [-0.39, 0.29) is 43.0 Å². The molecule has 3 aliphatic rings. The fraction of sp³-hybridized carbons (Fsp3) is 0.294. The van der Waals surface area contributed by atoms with Gasteiger partial charge in [0.05, 0.1) is 34.9 Å². The monoisotopic (exact) mass is 994 g/mol. The van der Waals surface area contributed by atoms with Gasteiger partial charge in [-0.2, -0.15) is 10.2 Å². The zero-order valence-electron chi connectivity index (χ0n) is 39.1. The molecule has 2 aromatic heterocycles. The predicted molar refractivity (Wildman–Crippen MR) is 272 cm³/mol. The molecule has 2 saturated heterocycles. The average molecular weight is 996 g/mol. The number of azo groups is 1. The molecule has 5 amide bonds. The Morgan fingerprint density at radius 3 is 2.35 bits per heavy atom. The Morgan fingerprint density at radius 1 is 0.859 bits per heavy atom. The van der Waals surface area contributed by atoms with E-state index in [1.54, 1.807) is 48.5 Å². The SMILES string of the molecule is Cc1nc(Nc2ncc(C(=O)Nc3c(C)cccc3Cl)s2)cc(N2CCN(CCCCCOc3ccc(N=Nc4ccc(C(=O)Nc5cccc6c5CN(C5CCC(=O)NC5=O)C6=O)cc4)cc3)CC2)n1. The van der Waals surface area contributed by atoms with Crippen molar-refractivity contribution >= 4 is 92.0 Å². The molecule has 4 N–H and O–H groups in total. The van der Waals surface area contributed by atoms with Crippen LogP contribution in [0.3, 0.4) is 0 Å². The lowest BCUT2D eigenvalue weighted by Gasteiger charge is -2.35. The second-order valence-corrected chi connectivity index (χ2v) is 18.8. The molecule has 0 aliphatic carbocycles. The van der Waals surface area contributed by atoms with Crippen molar-refractivity contribution in [2.24, 2.45) is 10.2 Å². The van der Waals surface area contributed by atoms with Crippen LogP contribution in [0.5, 0.6) is 5.75 Å². The Kier molecular flexibility index (Phi) is 15.0. The number of hydrogen-bond donors (Lipinski definition) is 4. The number of thiazole rings is 1. The van der Waals surface area contributed by atoms with Crippen molar-refractivity contribution in [3.8, 4) is 5.75 Å². The maximum Gasteiger partial charge on any atom is 0.267 e. The molecule has 71 heavy (non-hydrogen) atoms. The zero-order valence-corrected chi connectivity index (χ0v) is 40.7. The number of fused-ring (bicyclic) bond motifs is 1. The lowest BCUT2D eigenvalue weighted by molar-refractivity contribution is -0.136. The first-order chi connectivity index (χ1) is 34.4. The van der Waals surface area contributed by atoms with Crippen molar-refractivity contribution in [1.82, 2.24) is 30.1 Å². The van der Waals surface area contributed by atoms with E-state index in [1.807, 2.05) is 56.3 Å². The molecule has 4 aromatic carbocycles. The highest BCUT2D eigenvalue weighted by atomic mass is 35.5. The zero-order chi connectivity index (χ0) is 49.4. The van der Waals surface area contributed by atoms with E-state index in [0.29, 0.717) is 72.7 Å². The van der Waals surface area contributed by atoms with Crippen LogP contribution in [0.1, 0.15) is 79.4 Å². The minimum Gasteiger partial charge on any atom is -0.494 e. The summed E-state index contributed by atoms with van der Waals surface area (Å²) in [6.07, 6.45) is 5.02. The fourth-order valence-corrected chi connectivity index (χ4v) is 9.58. The maximum atomic E-state index is 13.2. The van der Waals surface area contributed by atoms with Crippen LogP contribution in [0.4, 0.5) is 39.5 Å². The third-order valence-corrected chi connectivity index (χ3v) is 13.6. The molecule has 18 nitrogen and oxygen atoms in total. The summed E-state index contributed by atoms with van der Waals surface area (Å²) >= 11 is 7.54. The molecule has 1 atom stereocenters. The van der Waals surface area contributed by atoms with E-state index >= 15 is 0 Å². The maximum absolute atomic E-state index is 13.2. The highest BCUT2D eigenvalue weighted by molar-refractivity contribution is 7.17. The number of anilines is 5. The number of imide groups is 1. The van der Waals surface area contributed by atoms with Gasteiger partial charge in [0.1, 0.15) is 34.1 Å². The Morgan fingerprint density at radius 2 is 1.61 bits per heavy atom. The highest BCUT2D eigenvalue weighted by Gasteiger charge is 2.40. The summed E-state index contributed by atoms with van der Waals surface area (Å²) in [5, 5.41) is 21.1. The van der Waals surface area contributed by atoms with Crippen molar-refractivity contribution in [1.29, 1.82) is 0 Å². The van der Waals surface area contributed by atoms with Crippen LogP contribution in [0.25, 0.3) is 0 Å². The molecule has 20 heteroatoms. The first-order valence-electron chi connectivity index (χ1n) is 23.4. The normalized spacial score (nSPS) is 16.0. The van der Waals surface area contributed by atoms with Crippen LogP contribution < -0.4 is 30.9 Å². The van der Waals surface area contributed by atoms with Crippen molar-refractivity contribution in [3.05, 3.63) is 135 Å². The molecule has 0 radical (unpaired) electrons. The van der Waals surface area contributed by atoms with E-state index in [9.17, 15) is 24.0 Å². The number of amides is 5. The van der Waals surface area contributed by atoms with E-state index < -0.39 is 11.9 Å². The molecule has 3 aliphatic heterocycles. The Balaban J connectivity index is 0.662. The lowest BCUT2D eigenvalue weighted by Crippen LogP contribution is -2.52. The minimum absolute atomic E-state index is 0.149. The number of unbranched alkanes of at least 4 members (excludes halogenated alkanes) is 2. The van der Waals surface area contributed by atoms with Crippen molar-refractivity contribution in [2.45, 2.75) is 58.5 Å². The molecule has 0 spiro atoms. The van der Waals surface area contributed by atoms with Crippen LogP contribution in [-0.4, -0.2) is 99.7 Å². The van der Waals surface area contributed by atoms with E-state index in [2.05, 4.69) is 51.3 Å². The van der Waals surface area contributed by atoms with Gasteiger partial charge >= 0.3 is 0 Å². The van der Waals surface area contributed by atoms with Gasteiger partial charge in [-0.05, 0) is 118 Å². The van der Waals surface area contributed by atoms with Crippen LogP contribution in [0.2, 0.25) is 5.02 Å². The number of aryl methyl sites for hydroxylation is 2. The predicted octanol–water partition coefficient (Wildman–Crippen LogP) is 9.00. The average Bonchev–Trinajstić information content (AvgIpc) is 3.98. The Labute approximate surface area is 418 Å². The third-order valence-electron chi connectivity index (χ3n) is 12.4. The molecule has 2 fully saturated rings. The number of halogens is 1. The topological polar surface area (TPSA) is 216 Å². The number of aromatic nitrogens is 3. The molecule has 9 rings (SSSR count). The second kappa shape index (κ2) is 22.0. The largest absolute Gasteiger partial charge is 0.494 e. The molecule has 0 bridgehead atoms. The number of carbonyl (C=O) groups is 5. The number of nitrogens with one attached hydrogen (secondary N) is 4. The third kappa shape index (κ3) is 11.9. The minimum atomic E-state index is -0.745. The smallest absolute Gasteiger partial charge is 0.267 e. The van der Waals surface area contributed by atoms with Crippen LogP contribution in [0.15, 0.2) is 107 Å². The molecule has 1 unspecified atom stereocenters. The summed E-state index contributed by atoms with van der Waals surface area (Å²) < 4.78 is 6.01. The fourth-order valence-electron chi connectivity index (χ4n) is 8.60. The van der Waals surface area contributed by atoms with Gasteiger partial charge in [-0.25, -0.2) is 15.0 Å². The van der Waals surface area contributed by atoms with Crippen LogP contribution in [-0.2, 0) is 16.1 Å². The quantitative estimate of drug-likeness (QED) is 0.0383. The summed E-state index contributed by atoms with van der Waals surface area (Å²) in [6, 6.07) is 25.9. The molecule has 6 aromatic rings. The van der Waals surface area contributed by atoms with Crippen LogP contribution in [0, 0.1) is 13.8 Å². The number of hydrogen-bond acceptors (Lipinski definition) is 15. The Bertz CT molecular complexity index is 2980. The van der Waals surface area contributed by atoms with Gasteiger partial charge in [0.2, 0.25) is 11.8 Å². The van der Waals surface area contributed by atoms with Crippen LogP contribution >= 0.6 is 22.9 Å². The molecular weight excluding hydrogens is 944 g/mol. The molecule has 0 saturated carbocycles. The number of piperazine rings is 1. The van der Waals surface area contributed by atoms with Crippen molar-refractivity contribution in [2.75, 3.05) is 60.2 Å². The molecule has 5 heterocycles. The Hall–Kier alpha value is -7.61. The number of nitrogens with zero attached hydrogens (tertiary/aromatic N) is 8. The van der Waals surface area contributed by atoms with Gasteiger partial charge < -0.3 is 30.5 Å². The van der Waals surface area contributed by atoms with Crippen molar-refractivity contribution < 1.29 is 28.7 Å². The van der Waals surface area contributed by atoms with Gasteiger partial charge in [0.15, 0.2) is 5.13 Å². The van der Waals surface area contributed by atoms with E-state index in [4.69, 9.17) is 21.3 Å². The second-order valence-electron chi connectivity index (χ2n) is 17.4.